The van der Waals surface area contributed by atoms with E-state index in [1.165, 1.54) is 0 Å². The Morgan fingerprint density at radius 1 is 0.905 bits per heavy atom. The summed E-state index contributed by atoms with van der Waals surface area (Å²) in [6.07, 6.45) is 0. The van der Waals surface area contributed by atoms with E-state index in [1.54, 1.807) is 0 Å². The predicted molar refractivity (Wildman–Crippen MR) is 87.4 cm³/mol. The van der Waals surface area contributed by atoms with Gasteiger partial charge in [0.2, 0.25) is 11.9 Å². The summed E-state index contributed by atoms with van der Waals surface area (Å²) in [5, 5.41) is 7.09. The molecule has 0 aliphatic carbocycles. The molecule has 5 nitrogen and oxygen atoms in total. The lowest BCUT2D eigenvalue weighted by atomic mass is 10.2. The van der Waals surface area contributed by atoms with Crippen molar-refractivity contribution in [2.75, 3.05) is 10.6 Å². The van der Waals surface area contributed by atoms with Gasteiger partial charge in [0.1, 0.15) is 5.82 Å². The lowest BCUT2D eigenvalue weighted by Gasteiger charge is -2.13. The zero-order valence-electron chi connectivity index (χ0n) is 12.7. The first-order chi connectivity index (χ1) is 9.94. The van der Waals surface area contributed by atoms with Crippen molar-refractivity contribution >= 4 is 29.2 Å². The van der Waals surface area contributed by atoms with Gasteiger partial charge in [-0.25, -0.2) is 0 Å². The number of nitrogens with one attached hydrogen (secondary N) is 2. The first kappa shape index (κ1) is 15.5. The second kappa shape index (κ2) is 6.72. The van der Waals surface area contributed by atoms with E-state index in [9.17, 15) is 0 Å². The molecule has 0 aliphatic heterocycles. The number of hydrogen-bond acceptors (Lipinski definition) is 5. The highest BCUT2D eigenvalue weighted by Crippen LogP contribution is 2.19. The fourth-order valence-corrected chi connectivity index (χ4v) is 1.82. The number of anilines is 3. The molecule has 1 heterocycles. The molecule has 0 unspecified atom stereocenters. The van der Waals surface area contributed by atoms with Crippen molar-refractivity contribution in [2.24, 2.45) is 0 Å². The van der Waals surface area contributed by atoms with Crippen LogP contribution in [0.2, 0.25) is 5.02 Å². The zero-order chi connectivity index (χ0) is 15.4. The van der Waals surface area contributed by atoms with Crippen LogP contribution >= 0.6 is 11.6 Å². The van der Waals surface area contributed by atoms with E-state index in [2.05, 4.69) is 39.4 Å². The van der Waals surface area contributed by atoms with Crippen LogP contribution in [-0.2, 0) is 0 Å². The molecule has 0 radical (unpaired) electrons. The SMILES string of the molecule is CC(C)Nc1nc(Nc2ccc(Cl)cc2)nc(C(C)C)n1. The van der Waals surface area contributed by atoms with Crippen LogP contribution in [-0.4, -0.2) is 21.0 Å². The summed E-state index contributed by atoms with van der Waals surface area (Å²) >= 11 is 5.88. The smallest absolute Gasteiger partial charge is 0.232 e. The average Bonchev–Trinajstić information content (AvgIpc) is 2.40. The summed E-state index contributed by atoms with van der Waals surface area (Å²) in [7, 11) is 0. The molecule has 0 saturated heterocycles. The summed E-state index contributed by atoms with van der Waals surface area (Å²) in [5.74, 6) is 2.09. The molecule has 0 saturated carbocycles. The molecular formula is C15H20ClN5. The number of hydrogen-bond donors (Lipinski definition) is 2. The van der Waals surface area contributed by atoms with Crippen molar-refractivity contribution in [2.45, 2.75) is 39.7 Å². The van der Waals surface area contributed by atoms with Gasteiger partial charge in [0.05, 0.1) is 0 Å². The Balaban J connectivity index is 2.28. The normalized spacial score (nSPS) is 11.0. The van der Waals surface area contributed by atoms with Gasteiger partial charge in [0.15, 0.2) is 0 Å². The van der Waals surface area contributed by atoms with Gasteiger partial charge in [-0.15, -0.1) is 0 Å². The lowest BCUT2D eigenvalue weighted by Crippen LogP contribution is -2.15. The molecule has 112 valence electrons. The van der Waals surface area contributed by atoms with Crippen LogP contribution in [0.3, 0.4) is 0 Å². The largest absolute Gasteiger partial charge is 0.352 e. The van der Waals surface area contributed by atoms with Gasteiger partial charge in [0, 0.05) is 22.7 Å². The van der Waals surface area contributed by atoms with Crippen LogP contribution in [0.15, 0.2) is 24.3 Å². The lowest BCUT2D eigenvalue weighted by molar-refractivity contribution is 0.757. The average molecular weight is 306 g/mol. The van der Waals surface area contributed by atoms with Crippen molar-refractivity contribution < 1.29 is 0 Å². The van der Waals surface area contributed by atoms with Crippen molar-refractivity contribution in [3.8, 4) is 0 Å². The molecule has 0 bridgehead atoms. The molecule has 0 aliphatic rings. The third-order valence-corrected chi connectivity index (χ3v) is 2.94. The number of nitrogens with zero attached hydrogens (tertiary/aromatic N) is 3. The molecule has 21 heavy (non-hydrogen) atoms. The van der Waals surface area contributed by atoms with Crippen LogP contribution in [0.25, 0.3) is 0 Å². The van der Waals surface area contributed by atoms with Crippen molar-refractivity contribution in [3.63, 3.8) is 0 Å². The van der Waals surface area contributed by atoms with Crippen LogP contribution < -0.4 is 10.6 Å². The predicted octanol–water partition coefficient (Wildman–Crippen LogP) is 4.21. The highest BCUT2D eigenvalue weighted by atomic mass is 35.5. The number of halogens is 1. The third kappa shape index (κ3) is 4.56. The molecule has 2 rings (SSSR count). The molecule has 0 amide bonds. The molecule has 0 spiro atoms. The Morgan fingerprint density at radius 3 is 2.10 bits per heavy atom. The summed E-state index contributed by atoms with van der Waals surface area (Å²) in [6, 6.07) is 7.67. The van der Waals surface area contributed by atoms with Gasteiger partial charge in [-0.1, -0.05) is 25.4 Å². The molecule has 6 heteroatoms. The van der Waals surface area contributed by atoms with Crippen LogP contribution in [0, 0.1) is 0 Å². The monoisotopic (exact) mass is 305 g/mol. The number of benzene rings is 1. The third-order valence-electron chi connectivity index (χ3n) is 2.69. The Bertz CT molecular complexity index is 596. The second-order valence-electron chi connectivity index (χ2n) is 5.43. The Morgan fingerprint density at radius 2 is 1.52 bits per heavy atom. The van der Waals surface area contributed by atoms with Crippen LogP contribution in [0.1, 0.15) is 39.4 Å². The summed E-state index contributed by atoms with van der Waals surface area (Å²) in [4.78, 5) is 13.3. The first-order valence-electron chi connectivity index (χ1n) is 6.99. The fourth-order valence-electron chi connectivity index (χ4n) is 1.69. The van der Waals surface area contributed by atoms with Crippen LogP contribution in [0.5, 0.6) is 0 Å². The van der Waals surface area contributed by atoms with Crippen molar-refractivity contribution in [1.82, 2.24) is 15.0 Å². The van der Waals surface area contributed by atoms with Crippen molar-refractivity contribution in [1.29, 1.82) is 0 Å². The first-order valence-corrected chi connectivity index (χ1v) is 7.37. The maximum Gasteiger partial charge on any atom is 0.232 e. The molecule has 2 N–H and O–H groups in total. The Labute approximate surface area is 130 Å². The Hall–Kier alpha value is -1.88. The Kier molecular flexibility index (Phi) is 4.96. The van der Waals surface area contributed by atoms with Gasteiger partial charge in [0.25, 0.3) is 0 Å². The standard InChI is InChI=1S/C15H20ClN5/c1-9(2)13-19-14(17-10(3)4)21-15(20-13)18-12-7-5-11(16)6-8-12/h5-10H,1-4H3,(H2,17,18,19,20,21). The highest BCUT2D eigenvalue weighted by Gasteiger charge is 2.10. The minimum atomic E-state index is 0.228. The number of aromatic nitrogens is 3. The van der Waals surface area contributed by atoms with E-state index in [4.69, 9.17) is 11.6 Å². The van der Waals surface area contributed by atoms with Gasteiger partial charge < -0.3 is 10.6 Å². The van der Waals surface area contributed by atoms with E-state index in [0.29, 0.717) is 16.9 Å². The van der Waals surface area contributed by atoms with Gasteiger partial charge in [-0.05, 0) is 38.1 Å². The van der Waals surface area contributed by atoms with Crippen molar-refractivity contribution in [3.05, 3.63) is 35.1 Å². The fraction of sp³-hybridized carbons (Fsp3) is 0.400. The summed E-state index contributed by atoms with van der Waals surface area (Å²) in [5.41, 5.74) is 0.885. The highest BCUT2D eigenvalue weighted by molar-refractivity contribution is 6.30. The molecule has 1 aromatic heterocycles. The van der Waals surface area contributed by atoms with Crippen LogP contribution in [0.4, 0.5) is 17.6 Å². The molecule has 0 atom stereocenters. The summed E-state index contributed by atoms with van der Waals surface area (Å²) in [6.45, 7) is 8.21. The van der Waals surface area contributed by atoms with Gasteiger partial charge in [-0.3, -0.25) is 0 Å². The van der Waals surface area contributed by atoms with Gasteiger partial charge in [-0.2, -0.15) is 15.0 Å². The molecular weight excluding hydrogens is 286 g/mol. The van der Waals surface area contributed by atoms with E-state index in [-0.39, 0.29) is 12.0 Å². The number of rotatable bonds is 5. The quantitative estimate of drug-likeness (QED) is 0.866. The van der Waals surface area contributed by atoms with Gasteiger partial charge >= 0.3 is 0 Å². The molecule has 2 aromatic rings. The molecule has 1 aromatic carbocycles. The maximum absolute atomic E-state index is 5.88. The van der Waals surface area contributed by atoms with E-state index >= 15 is 0 Å². The maximum atomic E-state index is 5.88. The van der Waals surface area contributed by atoms with E-state index in [0.717, 1.165) is 11.5 Å². The zero-order valence-corrected chi connectivity index (χ0v) is 13.4. The molecule has 0 fully saturated rings. The topological polar surface area (TPSA) is 62.7 Å². The van der Waals surface area contributed by atoms with E-state index in [1.807, 2.05) is 38.1 Å². The van der Waals surface area contributed by atoms with E-state index < -0.39 is 0 Å². The minimum Gasteiger partial charge on any atom is -0.352 e. The second-order valence-corrected chi connectivity index (χ2v) is 5.86. The minimum absolute atomic E-state index is 0.228. The summed E-state index contributed by atoms with van der Waals surface area (Å²) < 4.78 is 0.